The fourth-order valence-corrected chi connectivity index (χ4v) is 2.09. The molecule has 2 heterocycles. The minimum absolute atomic E-state index is 0.0264. The van der Waals surface area contributed by atoms with Gasteiger partial charge in [0.1, 0.15) is 0 Å². The number of rotatable bonds is 5. The molecule has 2 rings (SSSR count). The highest BCUT2D eigenvalue weighted by Gasteiger charge is 2.19. The molecular weight excluding hydrogens is 228 g/mol. The van der Waals surface area contributed by atoms with Crippen molar-refractivity contribution in [3.05, 3.63) is 18.6 Å². The number of nitrogen functional groups attached to an aromatic ring is 1. The van der Waals surface area contributed by atoms with Gasteiger partial charge >= 0.3 is 0 Å². The third kappa shape index (κ3) is 2.53. The van der Waals surface area contributed by atoms with Crippen LogP contribution in [0.3, 0.4) is 0 Å². The Morgan fingerprint density at radius 3 is 2.89 bits per heavy atom. The molecular formula is C12H20N6. The maximum atomic E-state index is 5.43. The Hall–Kier alpha value is -1.82. The van der Waals surface area contributed by atoms with Gasteiger partial charge in [0.2, 0.25) is 0 Å². The van der Waals surface area contributed by atoms with E-state index in [0.717, 1.165) is 24.3 Å². The molecule has 2 aromatic rings. The highest BCUT2D eigenvalue weighted by atomic mass is 15.3. The summed E-state index contributed by atoms with van der Waals surface area (Å²) in [4.78, 5) is 8.74. The maximum absolute atomic E-state index is 5.43. The molecule has 6 heteroatoms. The zero-order valence-corrected chi connectivity index (χ0v) is 11.1. The van der Waals surface area contributed by atoms with Crippen molar-refractivity contribution in [2.75, 3.05) is 10.7 Å². The van der Waals surface area contributed by atoms with Crippen LogP contribution in [0.1, 0.15) is 33.6 Å². The van der Waals surface area contributed by atoms with Crippen LogP contribution in [0.2, 0.25) is 0 Å². The van der Waals surface area contributed by atoms with E-state index >= 15 is 0 Å². The molecule has 6 nitrogen and oxygen atoms in total. The summed E-state index contributed by atoms with van der Waals surface area (Å²) in [5, 5.41) is 3.43. The van der Waals surface area contributed by atoms with Gasteiger partial charge < -0.3 is 15.1 Å². The number of aromatic nitrogens is 3. The summed E-state index contributed by atoms with van der Waals surface area (Å²) in [6.45, 7) is 6.47. The Morgan fingerprint density at radius 2 is 2.22 bits per heavy atom. The van der Waals surface area contributed by atoms with E-state index in [0.29, 0.717) is 5.82 Å². The number of nitrogens with zero attached hydrogens (tertiary/aromatic N) is 3. The van der Waals surface area contributed by atoms with Crippen LogP contribution in [-0.4, -0.2) is 19.9 Å². The van der Waals surface area contributed by atoms with Crippen molar-refractivity contribution in [1.82, 2.24) is 14.4 Å². The van der Waals surface area contributed by atoms with Crippen LogP contribution in [0, 0.1) is 0 Å². The Morgan fingerprint density at radius 1 is 1.44 bits per heavy atom. The third-order valence-electron chi connectivity index (χ3n) is 2.85. The molecule has 0 spiro atoms. The lowest BCUT2D eigenvalue weighted by Gasteiger charge is -2.26. The number of imidazole rings is 1. The first kappa shape index (κ1) is 12.6. The molecule has 0 amide bonds. The molecule has 98 valence electrons. The Kier molecular flexibility index (Phi) is 3.38. The molecule has 0 saturated carbocycles. The van der Waals surface area contributed by atoms with E-state index in [4.69, 9.17) is 5.84 Å². The van der Waals surface area contributed by atoms with Gasteiger partial charge in [-0.3, -0.25) is 0 Å². The van der Waals surface area contributed by atoms with Crippen LogP contribution in [-0.2, 0) is 0 Å². The number of hydrogen-bond donors (Lipinski definition) is 3. The molecule has 0 atom stereocenters. The predicted octanol–water partition coefficient (Wildman–Crippen LogP) is 2.01. The third-order valence-corrected chi connectivity index (χ3v) is 2.85. The van der Waals surface area contributed by atoms with Gasteiger partial charge in [-0.25, -0.2) is 15.8 Å². The second-order valence-corrected chi connectivity index (χ2v) is 5.04. The van der Waals surface area contributed by atoms with E-state index in [-0.39, 0.29) is 5.54 Å². The van der Waals surface area contributed by atoms with Gasteiger partial charge in [0, 0.05) is 17.9 Å². The van der Waals surface area contributed by atoms with E-state index in [2.05, 4.69) is 41.5 Å². The quantitative estimate of drug-likeness (QED) is 0.557. The first-order chi connectivity index (χ1) is 8.55. The van der Waals surface area contributed by atoms with E-state index in [1.54, 1.807) is 12.4 Å². The summed E-state index contributed by atoms with van der Waals surface area (Å²) >= 11 is 0. The van der Waals surface area contributed by atoms with Crippen LogP contribution in [0.4, 0.5) is 11.6 Å². The van der Waals surface area contributed by atoms with Crippen LogP contribution < -0.4 is 16.6 Å². The molecule has 0 aliphatic rings. The molecule has 0 aliphatic carbocycles. The van der Waals surface area contributed by atoms with Crippen molar-refractivity contribution >= 4 is 17.3 Å². The molecule has 0 aromatic carbocycles. The van der Waals surface area contributed by atoms with Gasteiger partial charge in [0.25, 0.3) is 0 Å². The molecule has 0 radical (unpaired) electrons. The maximum Gasteiger partial charge on any atom is 0.180 e. The van der Waals surface area contributed by atoms with Crippen molar-refractivity contribution in [2.24, 2.45) is 5.84 Å². The lowest BCUT2D eigenvalue weighted by Crippen LogP contribution is -2.31. The van der Waals surface area contributed by atoms with Gasteiger partial charge in [-0.15, -0.1) is 0 Å². The average molecular weight is 248 g/mol. The smallest absolute Gasteiger partial charge is 0.180 e. The topological polar surface area (TPSA) is 80.3 Å². The summed E-state index contributed by atoms with van der Waals surface area (Å²) in [5.74, 6) is 6.78. The first-order valence-electron chi connectivity index (χ1n) is 6.14. The van der Waals surface area contributed by atoms with Crippen LogP contribution in [0.25, 0.3) is 5.65 Å². The Bertz CT molecular complexity index is 530. The summed E-state index contributed by atoms with van der Waals surface area (Å²) in [6.07, 6.45) is 7.59. The van der Waals surface area contributed by atoms with Crippen molar-refractivity contribution in [2.45, 2.75) is 39.2 Å². The molecule has 0 fully saturated rings. The second kappa shape index (κ2) is 4.81. The van der Waals surface area contributed by atoms with Gasteiger partial charge in [0.15, 0.2) is 17.3 Å². The fourth-order valence-electron chi connectivity index (χ4n) is 2.09. The number of hydrazine groups is 1. The van der Waals surface area contributed by atoms with Gasteiger partial charge in [-0.1, -0.05) is 13.3 Å². The normalized spacial score (nSPS) is 11.8. The number of nitrogens with two attached hydrogens (primary N) is 1. The monoisotopic (exact) mass is 248 g/mol. The van der Waals surface area contributed by atoms with E-state index in [1.807, 2.05) is 10.6 Å². The fraction of sp³-hybridized carbons (Fsp3) is 0.500. The SMILES string of the molecule is CCCC(C)(C)Nc1nc(NN)cn2ccnc12. The number of hydrogen-bond acceptors (Lipinski definition) is 5. The summed E-state index contributed by atoms with van der Waals surface area (Å²) in [7, 11) is 0. The standard InChI is InChI=1S/C12H20N6/c1-4-5-12(2,3)16-10-11-14-6-7-18(11)8-9(15-10)17-13/h6-8,17H,4-5,13H2,1-3H3,(H,15,16). The minimum atomic E-state index is -0.0264. The summed E-state index contributed by atoms with van der Waals surface area (Å²) < 4.78 is 1.90. The van der Waals surface area contributed by atoms with Crippen molar-refractivity contribution in [3.63, 3.8) is 0 Å². The van der Waals surface area contributed by atoms with Gasteiger partial charge in [0.05, 0.1) is 6.20 Å². The lowest BCUT2D eigenvalue weighted by atomic mass is 9.99. The predicted molar refractivity (Wildman–Crippen MR) is 73.4 cm³/mol. The number of nitrogens with one attached hydrogen (secondary N) is 2. The molecule has 2 aromatic heterocycles. The van der Waals surface area contributed by atoms with Crippen molar-refractivity contribution in [3.8, 4) is 0 Å². The zero-order chi connectivity index (χ0) is 13.2. The molecule has 0 aliphatic heterocycles. The Labute approximate surface area is 107 Å². The lowest BCUT2D eigenvalue weighted by molar-refractivity contribution is 0.509. The first-order valence-corrected chi connectivity index (χ1v) is 6.14. The van der Waals surface area contributed by atoms with Crippen molar-refractivity contribution in [1.29, 1.82) is 0 Å². The molecule has 18 heavy (non-hydrogen) atoms. The summed E-state index contributed by atoms with van der Waals surface area (Å²) in [6, 6.07) is 0. The Balaban J connectivity index is 2.39. The number of anilines is 2. The molecule has 4 N–H and O–H groups in total. The van der Waals surface area contributed by atoms with Gasteiger partial charge in [-0.2, -0.15) is 0 Å². The highest BCUT2D eigenvalue weighted by molar-refractivity contribution is 5.66. The number of fused-ring (bicyclic) bond motifs is 1. The highest BCUT2D eigenvalue weighted by Crippen LogP contribution is 2.22. The molecule has 0 unspecified atom stereocenters. The van der Waals surface area contributed by atoms with E-state index < -0.39 is 0 Å². The zero-order valence-electron chi connectivity index (χ0n) is 11.1. The molecule has 0 bridgehead atoms. The van der Waals surface area contributed by atoms with Gasteiger partial charge in [-0.05, 0) is 20.3 Å². The second-order valence-electron chi connectivity index (χ2n) is 5.04. The largest absolute Gasteiger partial charge is 0.362 e. The van der Waals surface area contributed by atoms with Crippen molar-refractivity contribution < 1.29 is 0 Å². The van der Waals surface area contributed by atoms with Crippen LogP contribution >= 0.6 is 0 Å². The minimum Gasteiger partial charge on any atom is -0.362 e. The average Bonchev–Trinajstić information content (AvgIpc) is 2.76. The molecule has 0 saturated heterocycles. The van der Waals surface area contributed by atoms with E-state index in [9.17, 15) is 0 Å². The van der Waals surface area contributed by atoms with Crippen LogP contribution in [0.15, 0.2) is 18.6 Å². The van der Waals surface area contributed by atoms with Crippen LogP contribution in [0.5, 0.6) is 0 Å². The summed E-state index contributed by atoms with van der Waals surface area (Å²) in [5.41, 5.74) is 3.34. The van der Waals surface area contributed by atoms with E-state index in [1.165, 1.54) is 0 Å².